The topological polar surface area (TPSA) is 0 Å². The van der Waals surface area contributed by atoms with Crippen molar-refractivity contribution in [1.29, 1.82) is 0 Å². The van der Waals surface area contributed by atoms with E-state index in [1.165, 1.54) is 0 Å². The van der Waals surface area contributed by atoms with Crippen LogP contribution >= 0.6 is 46.4 Å². The quantitative estimate of drug-likeness (QED) is 0.196. The fraction of sp³-hybridized carbons (Fsp3) is 0. The molecule has 0 bridgehead atoms. The lowest BCUT2D eigenvalue weighted by atomic mass is 9.89. The first-order chi connectivity index (χ1) is 14.5. The zero-order valence-corrected chi connectivity index (χ0v) is 18.5. The van der Waals surface area contributed by atoms with Gasteiger partial charge in [-0.25, -0.2) is 0 Å². The number of hydrogen-bond donors (Lipinski definition) is 0. The van der Waals surface area contributed by atoms with Crippen LogP contribution in [-0.2, 0) is 0 Å². The van der Waals surface area contributed by atoms with E-state index in [0.29, 0.717) is 20.1 Å². The summed E-state index contributed by atoms with van der Waals surface area (Å²) in [6.45, 7) is 0. The molecule has 0 aromatic heterocycles. The van der Waals surface area contributed by atoms with Gasteiger partial charge in [0.2, 0.25) is 0 Å². The van der Waals surface area contributed by atoms with Crippen LogP contribution in [-0.4, -0.2) is 0 Å². The normalized spacial score (nSPS) is 12.0. The highest BCUT2D eigenvalue weighted by molar-refractivity contribution is 6.44. The van der Waals surface area contributed by atoms with Crippen molar-refractivity contribution in [3.63, 3.8) is 0 Å². The van der Waals surface area contributed by atoms with Crippen LogP contribution in [0.3, 0.4) is 0 Å². The van der Waals surface area contributed by atoms with Gasteiger partial charge in [-0.15, -0.1) is 0 Å². The third kappa shape index (κ3) is 2.62. The van der Waals surface area contributed by atoms with Gasteiger partial charge in [0.25, 0.3) is 0 Å². The highest BCUT2D eigenvalue weighted by atomic mass is 35.5. The van der Waals surface area contributed by atoms with Gasteiger partial charge in [-0.2, -0.15) is 0 Å². The highest BCUT2D eigenvalue weighted by Gasteiger charge is 2.16. The molecule has 0 aliphatic rings. The number of benzene rings is 6. The Morgan fingerprint density at radius 3 is 1.57 bits per heavy atom. The third-order valence-electron chi connectivity index (χ3n) is 5.84. The summed E-state index contributed by atoms with van der Waals surface area (Å²) < 4.78 is 0. The Balaban J connectivity index is 2.06. The molecule has 0 N–H and O–H groups in total. The van der Waals surface area contributed by atoms with Crippen molar-refractivity contribution in [3.05, 3.63) is 92.9 Å². The molecule has 0 spiro atoms. The largest absolute Gasteiger partial charge is 0.0843 e. The predicted molar refractivity (Wildman–Crippen MR) is 134 cm³/mol. The van der Waals surface area contributed by atoms with Crippen LogP contribution in [0.2, 0.25) is 20.1 Å². The van der Waals surface area contributed by atoms with Crippen LogP contribution in [0.5, 0.6) is 0 Å². The van der Waals surface area contributed by atoms with Crippen molar-refractivity contribution in [1.82, 2.24) is 0 Å². The summed E-state index contributed by atoms with van der Waals surface area (Å²) in [6, 6.07) is 24.2. The smallest absolute Gasteiger partial charge is 0.0491 e. The minimum absolute atomic E-state index is 0.689. The summed E-state index contributed by atoms with van der Waals surface area (Å²) in [6.07, 6.45) is 0. The molecule has 0 aliphatic carbocycles. The number of halogens is 4. The van der Waals surface area contributed by atoms with Crippen molar-refractivity contribution in [3.8, 4) is 0 Å². The molecular formula is C26H12Cl4. The van der Waals surface area contributed by atoms with E-state index in [4.69, 9.17) is 46.4 Å². The molecule has 6 rings (SSSR count). The van der Waals surface area contributed by atoms with Crippen LogP contribution in [0.15, 0.2) is 72.8 Å². The molecule has 0 aliphatic heterocycles. The Labute approximate surface area is 192 Å². The lowest BCUT2D eigenvalue weighted by Gasteiger charge is -2.16. The maximum atomic E-state index is 6.81. The van der Waals surface area contributed by atoms with Gasteiger partial charge in [0.15, 0.2) is 0 Å². The first-order valence-electron chi connectivity index (χ1n) is 9.46. The van der Waals surface area contributed by atoms with E-state index >= 15 is 0 Å². The first-order valence-corrected chi connectivity index (χ1v) is 11.0. The molecule has 0 fully saturated rings. The van der Waals surface area contributed by atoms with E-state index in [1.807, 2.05) is 48.5 Å². The monoisotopic (exact) mass is 464 g/mol. The van der Waals surface area contributed by atoms with Gasteiger partial charge in [0, 0.05) is 25.5 Å². The minimum atomic E-state index is 0.689. The standard InChI is InChI=1S/C26H12Cl4/c27-14-3-1-13-2-6-19-24(30)12-23-21-10-15(28)4-7-17(21)18-8-5-16(29)11-22(18)26(23)25(19)20(13)9-14/h1-12H. The van der Waals surface area contributed by atoms with E-state index in [-0.39, 0.29) is 0 Å². The maximum absolute atomic E-state index is 6.81. The molecule has 0 radical (unpaired) electrons. The zero-order valence-electron chi connectivity index (χ0n) is 15.4. The average Bonchev–Trinajstić information content (AvgIpc) is 2.73. The molecule has 0 unspecified atom stereocenters. The predicted octanol–water partition coefficient (Wildman–Crippen LogP) is 10.1. The minimum Gasteiger partial charge on any atom is -0.0843 e. The van der Waals surface area contributed by atoms with Gasteiger partial charge in [-0.05, 0) is 90.9 Å². The van der Waals surface area contributed by atoms with E-state index < -0.39 is 0 Å². The highest BCUT2D eigenvalue weighted by Crippen LogP contribution is 2.45. The van der Waals surface area contributed by atoms with Crippen molar-refractivity contribution in [2.75, 3.05) is 0 Å². The molecule has 6 aromatic rings. The Bertz CT molecular complexity index is 1670. The number of hydrogen-bond acceptors (Lipinski definition) is 0. The molecule has 30 heavy (non-hydrogen) atoms. The van der Waals surface area contributed by atoms with E-state index in [9.17, 15) is 0 Å². The molecule has 0 amide bonds. The molecule has 0 heterocycles. The second-order valence-electron chi connectivity index (χ2n) is 7.51. The molecule has 0 nitrogen and oxygen atoms in total. The summed E-state index contributed by atoms with van der Waals surface area (Å²) >= 11 is 26.1. The summed E-state index contributed by atoms with van der Waals surface area (Å²) in [5.41, 5.74) is 0. The molecule has 0 atom stereocenters. The Hall–Kier alpha value is -2.22. The van der Waals surface area contributed by atoms with Gasteiger partial charge in [0.05, 0.1) is 0 Å². The average molecular weight is 466 g/mol. The Morgan fingerprint density at radius 1 is 0.367 bits per heavy atom. The molecule has 0 saturated carbocycles. The molecule has 0 saturated heterocycles. The van der Waals surface area contributed by atoms with Gasteiger partial charge >= 0.3 is 0 Å². The summed E-state index contributed by atoms with van der Waals surface area (Å²) in [5, 5.41) is 13.6. The van der Waals surface area contributed by atoms with Crippen LogP contribution in [0, 0.1) is 0 Å². The van der Waals surface area contributed by atoms with E-state index in [1.54, 1.807) is 0 Å². The lowest BCUT2D eigenvalue weighted by molar-refractivity contribution is 1.77. The first kappa shape index (κ1) is 18.5. The van der Waals surface area contributed by atoms with Crippen LogP contribution in [0.4, 0.5) is 0 Å². The van der Waals surface area contributed by atoms with Crippen LogP contribution < -0.4 is 0 Å². The number of fused-ring (bicyclic) bond motifs is 10. The molecule has 144 valence electrons. The van der Waals surface area contributed by atoms with Crippen molar-refractivity contribution >= 4 is 100 Å². The Kier molecular flexibility index (Phi) is 4.10. The lowest BCUT2D eigenvalue weighted by Crippen LogP contribution is -1.88. The van der Waals surface area contributed by atoms with Crippen molar-refractivity contribution in [2.24, 2.45) is 0 Å². The Morgan fingerprint density at radius 2 is 0.833 bits per heavy atom. The second kappa shape index (κ2) is 6.64. The molecule has 4 heteroatoms. The SMILES string of the molecule is Clc1ccc2c3ccc(Cl)cc3c3c(cc(Cl)c4ccc5ccc(Cl)cc5c43)c2c1. The van der Waals surface area contributed by atoms with Gasteiger partial charge in [-0.1, -0.05) is 76.7 Å². The maximum Gasteiger partial charge on any atom is 0.0491 e. The van der Waals surface area contributed by atoms with Crippen molar-refractivity contribution < 1.29 is 0 Å². The van der Waals surface area contributed by atoms with E-state index in [2.05, 4.69) is 24.3 Å². The fourth-order valence-electron chi connectivity index (χ4n) is 4.60. The second-order valence-corrected chi connectivity index (χ2v) is 9.23. The summed E-state index contributed by atoms with van der Waals surface area (Å²) in [7, 11) is 0. The van der Waals surface area contributed by atoms with Crippen LogP contribution in [0.25, 0.3) is 53.9 Å². The van der Waals surface area contributed by atoms with E-state index in [0.717, 1.165) is 53.9 Å². The van der Waals surface area contributed by atoms with Gasteiger partial charge < -0.3 is 0 Å². The van der Waals surface area contributed by atoms with Crippen LogP contribution in [0.1, 0.15) is 0 Å². The fourth-order valence-corrected chi connectivity index (χ4v) is 5.38. The molecule has 6 aromatic carbocycles. The summed E-state index contributed by atoms with van der Waals surface area (Å²) in [4.78, 5) is 0. The number of rotatable bonds is 0. The third-order valence-corrected chi connectivity index (χ3v) is 6.86. The van der Waals surface area contributed by atoms with Gasteiger partial charge in [0.1, 0.15) is 0 Å². The zero-order chi connectivity index (χ0) is 20.6. The summed E-state index contributed by atoms with van der Waals surface area (Å²) in [5.74, 6) is 0. The van der Waals surface area contributed by atoms with Crippen molar-refractivity contribution in [2.45, 2.75) is 0 Å². The molecular weight excluding hydrogens is 454 g/mol. The van der Waals surface area contributed by atoms with Gasteiger partial charge in [-0.3, -0.25) is 0 Å².